The Balaban J connectivity index is 2.09. The van der Waals surface area contributed by atoms with Gasteiger partial charge in [-0.2, -0.15) is 0 Å². The van der Waals surface area contributed by atoms with Crippen molar-refractivity contribution in [2.45, 2.75) is 26.2 Å². The molecule has 0 saturated carbocycles. The second-order valence-corrected chi connectivity index (χ2v) is 6.33. The van der Waals surface area contributed by atoms with Crippen LogP contribution >= 0.6 is 27.3 Å². The molecule has 0 radical (unpaired) electrons. The van der Waals surface area contributed by atoms with E-state index in [0.717, 1.165) is 11.2 Å². The van der Waals surface area contributed by atoms with E-state index < -0.39 is 0 Å². The Morgan fingerprint density at radius 3 is 2.81 bits per heavy atom. The van der Waals surface area contributed by atoms with Crippen molar-refractivity contribution in [3.63, 3.8) is 0 Å². The van der Waals surface area contributed by atoms with Gasteiger partial charge >= 0.3 is 0 Å². The minimum atomic E-state index is 0.837. The summed E-state index contributed by atoms with van der Waals surface area (Å²) in [7, 11) is 2.23. The van der Waals surface area contributed by atoms with E-state index in [4.69, 9.17) is 0 Å². The first-order valence-corrected chi connectivity index (χ1v) is 7.99. The molecule has 0 saturated heterocycles. The number of rotatable bonds is 8. The van der Waals surface area contributed by atoms with E-state index in [2.05, 4.69) is 52.3 Å². The van der Waals surface area contributed by atoms with Gasteiger partial charge in [0.05, 0.1) is 0 Å². The van der Waals surface area contributed by atoms with Crippen molar-refractivity contribution in [2.24, 2.45) is 5.92 Å². The van der Waals surface area contributed by atoms with Gasteiger partial charge in [0.2, 0.25) is 0 Å². The summed E-state index contributed by atoms with van der Waals surface area (Å²) >= 11 is 5.37. The van der Waals surface area contributed by atoms with Crippen LogP contribution in [0.2, 0.25) is 0 Å². The third-order valence-corrected chi connectivity index (χ3v) is 4.32. The van der Waals surface area contributed by atoms with E-state index in [-0.39, 0.29) is 0 Å². The molecule has 92 valence electrons. The summed E-state index contributed by atoms with van der Waals surface area (Å²) in [6.07, 6.45) is 3.80. The SMILES string of the molecule is CC(CCBr)CCN(C)CCc1cccs1. The Kier molecular flexibility index (Phi) is 7.33. The van der Waals surface area contributed by atoms with Gasteiger partial charge in [-0.15, -0.1) is 11.3 Å². The highest BCUT2D eigenvalue weighted by Crippen LogP contribution is 2.11. The summed E-state index contributed by atoms with van der Waals surface area (Å²) in [5, 5.41) is 3.29. The molecule has 0 aliphatic heterocycles. The van der Waals surface area contributed by atoms with Crippen LogP contribution in [0.3, 0.4) is 0 Å². The lowest BCUT2D eigenvalue weighted by molar-refractivity contribution is 0.307. The first kappa shape index (κ1) is 14.2. The van der Waals surface area contributed by atoms with Crippen molar-refractivity contribution in [1.29, 1.82) is 0 Å². The fourth-order valence-electron chi connectivity index (χ4n) is 1.64. The van der Waals surface area contributed by atoms with E-state index in [0.29, 0.717) is 0 Å². The van der Waals surface area contributed by atoms with Crippen LogP contribution in [-0.4, -0.2) is 30.4 Å². The molecule has 1 unspecified atom stereocenters. The third kappa shape index (κ3) is 6.02. The molecule has 0 fully saturated rings. The average molecular weight is 304 g/mol. The zero-order chi connectivity index (χ0) is 11.8. The maximum absolute atomic E-state index is 3.50. The highest BCUT2D eigenvalue weighted by atomic mass is 79.9. The summed E-state index contributed by atoms with van der Waals surface area (Å²) in [5.41, 5.74) is 0. The molecule has 0 aromatic carbocycles. The van der Waals surface area contributed by atoms with Crippen LogP contribution in [0, 0.1) is 5.92 Å². The van der Waals surface area contributed by atoms with Gasteiger partial charge in [-0.1, -0.05) is 28.9 Å². The maximum Gasteiger partial charge on any atom is 0.00579 e. The Morgan fingerprint density at radius 2 is 2.19 bits per heavy atom. The molecule has 1 rings (SSSR count). The Hall–Kier alpha value is 0.140. The number of nitrogens with zero attached hydrogens (tertiary/aromatic N) is 1. The first-order chi connectivity index (χ1) is 7.72. The van der Waals surface area contributed by atoms with Gasteiger partial charge in [0.1, 0.15) is 0 Å². The molecule has 0 spiro atoms. The quantitative estimate of drug-likeness (QED) is 0.655. The second kappa shape index (κ2) is 8.26. The minimum absolute atomic E-state index is 0.837. The van der Waals surface area contributed by atoms with Gasteiger partial charge in [-0.05, 0) is 50.2 Å². The van der Waals surface area contributed by atoms with Gasteiger partial charge in [0.25, 0.3) is 0 Å². The number of thiophene rings is 1. The predicted molar refractivity (Wildman–Crippen MR) is 77.7 cm³/mol. The van der Waals surface area contributed by atoms with E-state index in [1.165, 1.54) is 37.2 Å². The standard InChI is InChI=1S/C13H22BrNS/c1-12(5-8-14)6-9-15(2)10-7-13-4-3-11-16-13/h3-4,11-12H,5-10H2,1-2H3. The number of hydrogen-bond acceptors (Lipinski definition) is 2. The zero-order valence-electron chi connectivity index (χ0n) is 10.3. The van der Waals surface area contributed by atoms with Crippen molar-refractivity contribution >= 4 is 27.3 Å². The molecule has 0 amide bonds. The molecule has 16 heavy (non-hydrogen) atoms. The fraction of sp³-hybridized carbons (Fsp3) is 0.692. The molecular weight excluding hydrogens is 282 g/mol. The largest absolute Gasteiger partial charge is 0.306 e. The van der Waals surface area contributed by atoms with Crippen molar-refractivity contribution in [2.75, 3.05) is 25.5 Å². The van der Waals surface area contributed by atoms with Gasteiger partial charge in [0.15, 0.2) is 0 Å². The normalized spacial score (nSPS) is 13.2. The van der Waals surface area contributed by atoms with Crippen LogP contribution in [0.5, 0.6) is 0 Å². The second-order valence-electron chi connectivity index (χ2n) is 4.50. The molecule has 0 aliphatic carbocycles. The Morgan fingerprint density at radius 1 is 1.38 bits per heavy atom. The van der Waals surface area contributed by atoms with E-state index >= 15 is 0 Å². The summed E-state index contributed by atoms with van der Waals surface area (Å²) in [6.45, 7) is 4.75. The van der Waals surface area contributed by atoms with Gasteiger partial charge in [-0.25, -0.2) is 0 Å². The summed E-state index contributed by atoms with van der Waals surface area (Å²) in [6, 6.07) is 4.37. The van der Waals surface area contributed by atoms with Crippen molar-refractivity contribution < 1.29 is 0 Å². The lowest BCUT2D eigenvalue weighted by atomic mass is 10.1. The predicted octanol–water partition coefficient (Wildman–Crippen LogP) is 4.03. The van der Waals surface area contributed by atoms with Crippen LogP contribution in [-0.2, 0) is 6.42 Å². The molecule has 3 heteroatoms. The van der Waals surface area contributed by atoms with Crippen LogP contribution in [0.1, 0.15) is 24.6 Å². The molecule has 1 aromatic rings. The topological polar surface area (TPSA) is 3.24 Å². The summed E-state index contributed by atoms with van der Waals surface area (Å²) in [5.74, 6) is 0.837. The molecule has 0 bridgehead atoms. The van der Waals surface area contributed by atoms with E-state index in [1.54, 1.807) is 0 Å². The third-order valence-electron chi connectivity index (χ3n) is 2.93. The lowest BCUT2D eigenvalue weighted by Crippen LogP contribution is -2.23. The summed E-state index contributed by atoms with van der Waals surface area (Å²) < 4.78 is 0. The minimum Gasteiger partial charge on any atom is -0.306 e. The number of halogens is 1. The average Bonchev–Trinajstić information content (AvgIpc) is 2.77. The highest BCUT2D eigenvalue weighted by molar-refractivity contribution is 9.09. The molecular formula is C13H22BrNS. The number of alkyl halides is 1. The Bertz CT molecular complexity index is 261. The molecule has 1 nitrogen and oxygen atoms in total. The van der Waals surface area contributed by atoms with Gasteiger partial charge < -0.3 is 4.90 Å². The van der Waals surface area contributed by atoms with Crippen LogP contribution in [0.15, 0.2) is 17.5 Å². The molecule has 0 N–H and O–H groups in total. The zero-order valence-corrected chi connectivity index (χ0v) is 12.7. The van der Waals surface area contributed by atoms with Crippen molar-refractivity contribution in [3.05, 3.63) is 22.4 Å². The fourth-order valence-corrected chi connectivity index (χ4v) is 3.12. The molecule has 1 aromatic heterocycles. The molecule has 1 atom stereocenters. The summed E-state index contributed by atoms with van der Waals surface area (Å²) in [4.78, 5) is 3.95. The van der Waals surface area contributed by atoms with Crippen LogP contribution in [0.25, 0.3) is 0 Å². The first-order valence-electron chi connectivity index (χ1n) is 5.99. The van der Waals surface area contributed by atoms with Crippen LogP contribution < -0.4 is 0 Å². The van der Waals surface area contributed by atoms with Gasteiger partial charge in [0, 0.05) is 16.8 Å². The molecule has 1 heterocycles. The van der Waals surface area contributed by atoms with Crippen LogP contribution in [0.4, 0.5) is 0 Å². The Labute approximate surface area is 112 Å². The number of likely N-dealkylation sites (N-methyl/N-ethyl adjacent to an activating group) is 1. The monoisotopic (exact) mass is 303 g/mol. The van der Waals surface area contributed by atoms with Crippen molar-refractivity contribution in [1.82, 2.24) is 4.90 Å². The number of hydrogen-bond donors (Lipinski definition) is 0. The van der Waals surface area contributed by atoms with Crippen molar-refractivity contribution in [3.8, 4) is 0 Å². The van der Waals surface area contributed by atoms with E-state index in [9.17, 15) is 0 Å². The highest BCUT2D eigenvalue weighted by Gasteiger charge is 2.04. The smallest absolute Gasteiger partial charge is 0.00579 e. The lowest BCUT2D eigenvalue weighted by Gasteiger charge is -2.18. The van der Waals surface area contributed by atoms with E-state index in [1.807, 2.05) is 11.3 Å². The molecule has 0 aliphatic rings. The van der Waals surface area contributed by atoms with Gasteiger partial charge in [-0.3, -0.25) is 0 Å². The maximum atomic E-state index is 3.50.